The number of nitrogens with zero attached hydrogens (tertiary/aromatic N) is 1. The van der Waals surface area contributed by atoms with E-state index < -0.39 is 26.6 Å². The second kappa shape index (κ2) is 8.35. The minimum atomic E-state index is -4.01. The minimum absolute atomic E-state index is 0.149. The van der Waals surface area contributed by atoms with Crippen LogP contribution in [0.2, 0.25) is 0 Å². The highest BCUT2D eigenvalue weighted by atomic mass is 32.2. The Morgan fingerprint density at radius 3 is 2.70 bits per heavy atom. The summed E-state index contributed by atoms with van der Waals surface area (Å²) in [7, 11) is -4.01. The van der Waals surface area contributed by atoms with E-state index in [1.165, 1.54) is 11.3 Å². The Labute approximate surface area is 159 Å². The number of benzene rings is 2. The van der Waals surface area contributed by atoms with Crippen molar-refractivity contribution in [2.24, 2.45) is 0 Å². The lowest BCUT2D eigenvalue weighted by Crippen LogP contribution is -2.30. The maximum Gasteiger partial charge on any atom is 0.243 e. The Hall–Kier alpha value is -1.99. The van der Waals surface area contributed by atoms with Gasteiger partial charge in [-0.3, -0.25) is 0 Å². The van der Waals surface area contributed by atoms with E-state index >= 15 is 0 Å². The summed E-state index contributed by atoms with van der Waals surface area (Å²) in [5, 5.41) is 0. The highest BCUT2D eigenvalue weighted by Crippen LogP contribution is 2.28. The van der Waals surface area contributed by atoms with Crippen LogP contribution in [0.25, 0.3) is 0 Å². The Balaban J connectivity index is 1.65. The summed E-state index contributed by atoms with van der Waals surface area (Å²) in [6.45, 7) is 4.42. The molecule has 1 aliphatic heterocycles. The number of sulfonamides is 1. The number of hydrogen-bond acceptors (Lipinski definition) is 3. The van der Waals surface area contributed by atoms with Gasteiger partial charge in [-0.2, -0.15) is 0 Å². The molecule has 1 N–H and O–H groups in total. The number of anilines is 1. The van der Waals surface area contributed by atoms with Crippen molar-refractivity contribution in [2.45, 2.75) is 37.5 Å². The lowest BCUT2D eigenvalue weighted by Gasteiger charge is -2.31. The molecule has 0 amide bonds. The van der Waals surface area contributed by atoms with Gasteiger partial charge in [0.05, 0.1) is 0 Å². The topological polar surface area (TPSA) is 49.4 Å². The zero-order chi connectivity index (χ0) is 19.4. The fraction of sp³-hybridized carbons (Fsp3) is 0.400. The van der Waals surface area contributed by atoms with E-state index in [2.05, 4.69) is 28.7 Å². The van der Waals surface area contributed by atoms with Gasteiger partial charge in [0.25, 0.3) is 0 Å². The normalized spacial score (nSPS) is 14.3. The van der Waals surface area contributed by atoms with Crippen LogP contribution in [0, 0.1) is 11.6 Å². The molecule has 0 spiro atoms. The van der Waals surface area contributed by atoms with Gasteiger partial charge in [0, 0.05) is 31.4 Å². The van der Waals surface area contributed by atoms with Crippen molar-refractivity contribution in [3.8, 4) is 0 Å². The number of hydrogen-bond donors (Lipinski definition) is 1. The molecule has 1 aliphatic rings. The van der Waals surface area contributed by atoms with Crippen LogP contribution in [0.15, 0.2) is 41.3 Å². The number of aryl methyl sites for hydroxylation is 1. The summed E-state index contributed by atoms with van der Waals surface area (Å²) >= 11 is 0. The van der Waals surface area contributed by atoms with Crippen molar-refractivity contribution in [1.29, 1.82) is 0 Å². The summed E-state index contributed by atoms with van der Waals surface area (Å²) in [5.74, 6) is -1.90. The first-order chi connectivity index (χ1) is 12.9. The molecule has 0 unspecified atom stereocenters. The summed E-state index contributed by atoms with van der Waals surface area (Å²) in [4.78, 5) is 1.85. The molecular formula is C20H24F2N2O2S. The van der Waals surface area contributed by atoms with Gasteiger partial charge in [0.15, 0.2) is 0 Å². The lowest BCUT2D eigenvalue weighted by atomic mass is 9.98. The van der Waals surface area contributed by atoms with Crippen LogP contribution in [0.5, 0.6) is 0 Å². The van der Waals surface area contributed by atoms with Gasteiger partial charge < -0.3 is 4.90 Å². The van der Waals surface area contributed by atoms with Crippen molar-refractivity contribution < 1.29 is 17.2 Å². The molecule has 3 rings (SSSR count). The molecule has 0 aliphatic carbocycles. The zero-order valence-electron chi connectivity index (χ0n) is 15.3. The zero-order valence-corrected chi connectivity index (χ0v) is 16.2. The monoisotopic (exact) mass is 394 g/mol. The second-order valence-corrected chi connectivity index (χ2v) is 8.51. The van der Waals surface area contributed by atoms with Crippen LogP contribution in [0.1, 0.15) is 30.9 Å². The van der Waals surface area contributed by atoms with Gasteiger partial charge in [0.1, 0.15) is 16.5 Å². The van der Waals surface area contributed by atoms with Gasteiger partial charge in [0.2, 0.25) is 10.0 Å². The van der Waals surface area contributed by atoms with E-state index in [9.17, 15) is 17.2 Å². The average Bonchev–Trinajstić information content (AvgIpc) is 2.61. The standard InChI is InChI=1S/C20H24F2N2O2S/c1-2-11-24-12-3-4-16-13-15(5-7-19(16)24)9-10-23-27(25,26)20-8-6-17(21)14-18(20)22/h5-8,13-14,23H,2-4,9-12H2,1H3. The predicted octanol–water partition coefficient (Wildman–Crippen LogP) is 3.65. The summed E-state index contributed by atoms with van der Waals surface area (Å²) in [6, 6.07) is 8.69. The van der Waals surface area contributed by atoms with Crippen molar-refractivity contribution in [3.05, 3.63) is 59.2 Å². The summed E-state index contributed by atoms with van der Waals surface area (Å²) in [6.07, 6.45) is 3.74. The minimum Gasteiger partial charge on any atom is -0.371 e. The van der Waals surface area contributed by atoms with Crippen LogP contribution in [-0.2, 0) is 22.9 Å². The Morgan fingerprint density at radius 1 is 1.15 bits per heavy atom. The molecule has 0 saturated heterocycles. The molecule has 27 heavy (non-hydrogen) atoms. The summed E-state index contributed by atoms with van der Waals surface area (Å²) in [5.41, 5.74) is 3.59. The van der Waals surface area contributed by atoms with Crippen molar-refractivity contribution >= 4 is 15.7 Å². The molecule has 0 saturated carbocycles. The molecule has 146 valence electrons. The SMILES string of the molecule is CCCN1CCCc2cc(CCNS(=O)(=O)c3ccc(F)cc3F)ccc21. The Bertz CT molecular complexity index is 916. The van der Waals surface area contributed by atoms with E-state index in [1.54, 1.807) is 0 Å². The largest absolute Gasteiger partial charge is 0.371 e. The van der Waals surface area contributed by atoms with Gasteiger partial charge >= 0.3 is 0 Å². The van der Waals surface area contributed by atoms with Crippen LogP contribution < -0.4 is 9.62 Å². The quantitative estimate of drug-likeness (QED) is 0.780. The van der Waals surface area contributed by atoms with Gasteiger partial charge in [-0.1, -0.05) is 19.1 Å². The van der Waals surface area contributed by atoms with Crippen LogP contribution >= 0.6 is 0 Å². The number of fused-ring (bicyclic) bond motifs is 1. The highest BCUT2D eigenvalue weighted by molar-refractivity contribution is 7.89. The van der Waals surface area contributed by atoms with E-state index in [1.807, 2.05) is 6.07 Å². The van der Waals surface area contributed by atoms with E-state index in [0.29, 0.717) is 12.5 Å². The predicted molar refractivity (Wildman–Crippen MR) is 103 cm³/mol. The molecule has 0 bridgehead atoms. The molecule has 0 fully saturated rings. The third-order valence-electron chi connectivity index (χ3n) is 4.74. The molecule has 4 nitrogen and oxygen atoms in total. The molecule has 0 atom stereocenters. The third-order valence-corrected chi connectivity index (χ3v) is 6.24. The van der Waals surface area contributed by atoms with E-state index in [-0.39, 0.29) is 6.54 Å². The second-order valence-electron chi connectivity index (χ2n) is 6.78. The maximum absolute atomic E-state index is 13.7. The molecular weight excluding hydrogens is 370 g/mol. The van der Waals surface area contributed by atoms with Crippen LogP contribution in [-0.4, -0.2) is 28.1 Å². The first kappa shape index (κ1) is 19.8. The fourth-order valence-corrected chi connectivity index (χ4v) is 4.58. The van der Waals surface area contributed by atoms with E-state index in [4.69, 9.17) is 0 Å². The number of nitrogens with one attached hydrogen (secondary N) is 1. The maximum atomic E-state index is 13.7. The Kier molecular flexibility index (Phi) is 6.11. The molecule has 0 aromatic heterocycles. The fourth-order valence-electron chi connectivity index (χ4n) is 3.49. The smallest absolute Gasteiger partial charge is 0.243 e. The first-order valence-corrected chi connectivity index (χ1v) is 10.7. The summed E-state index contributed by atoms with van der Waals surface area (Å²) < 4.78 is 53.5. The van der Waals surface area contributed by atoms with Gasteiger partial charge in [-0.25, -0.2) is 21.9 Å². The molecule has 7 heteroatoms. The molecule has 1 heterocycles. The number of halogens is 2. The molecule has 0 radical (unpaired) electrons. The third kappa shape index (κ3) is 4.65. The van der Waals surface area contributed by atoms with Gasteiger partial charge in [-0.15, -0.1) is 0 Å². The lowest BCUT2D eigenvalue weighted by molar-refractivity contribution is 0.543. The van der Waals surface area contributed by atoms with Gasteiger partial charge in [-0.05, 0) is 55.0 Å². The molecule has 2 aromatic carbocycles. The average molecular weight is 394 g/mol. The number of rotatable bonds is 7. The Morgan fingerprint density at radius 2 is 1.96 bits per heavy atom. The van der Waals surface area contributed by atoms with Crippen molar-refractivity contribution in [2.75, 3.05) is 24.5 Å². The van der Waals surface area contributed by atoms with E-state index in [0.717, 1.165) is 50.0 Å². The highest BCUT2D eigenvalue weighted by Gasteiger charge is 2.20. The van der Waals surface area contributed by atoms with Crippen molar-refractivity contribution in [1.82, 2.24) is 4.72 Å². The van der Waals surface area contributed by atoms with Crippen molar-refractivity contribution in [3.63, 3.8) is 0 Å². The van der Waals surface area contributed by atoms with Crippen LogP contribution in [0.4, 0.5) is 14.5 Å². The molecule has 2 aromatic rings. The first-order valence-electron chi connectivity index (χ1n) is 9.22. The van der Waals surface area contributed by atoms with Crippen LogP contribution in [0.3, 0.4) is 0 Å².